The Bertz CT molecular complexity index is 733. The zero-order chi connectivity index (χ0) is 15.6. The van der Waals surface area contributed by atoms with Crippen LogP contribution >= 0.6 is 23.4 Å². The number of rotatable bonds is 4. The van der Waals surface area contributed by atoms with Crippen molar-refractivity contribution in [2.24, 2.45) is 0 Å². The van der Waals surface area contributed by atoms with Crippen LogP contribution < -0.4 is 0 Å². The molecule has 0 atom stereocenters. The summed E-state index contributed by atoms with van der Waals surface area (Å²) in [5, 5.41) is 19.8. The maximum absolute atomic E-state index is 10.9. The van der Waals surface area contributed by atoms with Crippen LogP contribution in [0.2, 0.25) is 5.02 Å². The minimum Gasteiger partial charge on any atom is -0.478 e. The number of hydrogen-bond acceptors (Lipinski definition) is 4. The Labute approximate surface area is 129 Å². The first-order valence-electron chi connectivity index (χ1n) is 5.84. The van der Waals surface area contributed by atoms with E-state index < -0.39 is 10.9 Å². The van der Waals surface area contributed by atoms with Gasteiger partial charge >= 0.3 is 5.97 Å². The molecule has 21 heavy (non-hydrogen) atoms. The zero-order valence-corrected chi connectivity index (χ0v) is 12.4. The first kappa shape index (κ1) is 15.3. The van der Waals surface area contributed by atoms with E-state index >= 15 is 0 Å². The molecule has 2 aromatic rings. The van der Waals surface area contributed by atoms with E-state index in [2.05, 4.69) is 0 Å². The Morgan fingerprint density at radius 3 is 2.67 bits per heavy atom. The second kappa shape index (κ2) is 6.15. The second-order valence-corrected chi connectivity index (χ2v) is 5.78. The third-order valence-corrected chi connectivity index (χ3v) is 4.20. The summed E-state index contributed by atoms with van der Waals surface area (Å²) in [6, 6.07) is 9.39. The number of halogens is 1. The molecular formula is C14H10ClNO4S. The third kappa shape index (κ3) is 3.53. The first-order chi connectivity index (χ1) is 9.88. The monoisotopic (exact) mass is 323 g/mol. The molecule has 0 saturated carbocycles. The normalized spacial score (nSPS) is 10.4. The summed E-state index contributed by atoms with van der Waals surface area (Å²) in [6.45, 7) is 1.74. The summed E-state index contributed by atoms with van der Waals surface area (Å²) in [5.74, 6) is -1.00. The molecule has 2 rings (SSSR count). The molecule has 0 aromatic heterocycles. The molecule has 0 bridgehead atoms. The molecule has 2 aromatic carbocycles. The van der Waals surface area contributed by atoms with Crippen LogP contribution in [0.5, 0.6) is 0 Å². The van der Waals surface area contributed by atoms with E-state index in [-0.39, 0.29) is 16.3 Å². The lowest BCUT2D eigenvalue weighted by Gasteiger charge is -2.07. The van der Waals surface area contributed by atoms with Crippen molar-refractivity contribution in [1.29, 1.82) is 0 Å². The van der Waals surface area contributed by atoms with Crippen molar-refractivity contribution in [2.45, 2.75) is 16.7 Å². The highest BCUT2D eigenvalue weighted by Crippen LogP contribution is 2.36. The van der Waals surface area contributed by atoms with Gasteiger partial charge < -0.3 is 5.11 Å². The van der Waals surface area contributed by atoms with Gasteiger partial charge in [0.25, 0.3) is 5.69 Å². The van der Waals surface area contributed by atoms with Crippen molar-refractivity contribution in [3.05, 3.63) is 62.7 Å². The van der Waals surface area contributed by atoms with Crippen LogP contribution in [0.3, 0.4) is 0 Å². The molecule has 7 heteroatoms. The lowest BCUT2D eigenvalue weighted by Crippen LogP contribution is -1.95. The van der Waals surface area contributed by atoms with Gasteiger partial charge in [-0.25, -0.2) is 4.79 Å². The molecule has 0 saturated heterocycles. The fourth-order valence-electron chi connectivity index (χ4n) is 1.72. The van der Waals surface area contributed by atoms with E-state index in [0.29, 0.717) is 5.56 Å². The molecule has 0 spiro atoms. The molecule has 0 unspecified atom stereocenters. The van der Waals surface area contributed by atoms with Gasteiger partial charge in [0.1, 0.15) is 5.02 Å². The molecule has 0 aliphatic carbocycles. The number of aryl methyl sites for hydroxylation is 1. The maximum Gasteiger partial charge on any atom is 0.335 e. The fourth-order valence-corrected chi connectivity index (χ4v) is 3.00. The largest absolute Gasteiger partial charge is 0.478 e. The highest BCUT2D eigenvalue weighted by atomic mass is 35.5. The highest BCUT2D eigenvalue weighted by Gasteiger charge is 2.16. The maximum atomic E-state index is 10.9. The summed E-state index contributed by atoms with van der Waals surface area (Å²) in [5.41, 5.74) is 0.750. The summed E-state index contributed by atoms with van der Waals surface area (Å²) >= 11 is 7.21. The van der Waals surface area contributed by atoms with Crippen molar-refractivity contribution in [3.63, 3.8) is 0 Å². The zero-order valence-electron chi connectivity index (χ0n) is 10.9. The molecule has 0 radical (unpaired) electrons. The molecular weight excluding hydrogens is 314 g/mol. The van der Waals surface area contributed by atoms with Crippen LogP contribution in [-0.2, 0) is 0 Å². The van der Waals surface area contributed by atoms with Gasteiger partial charge in [-0.15, -0.1) is 0 Å². The summed E-state index contributed by atoms with van der Waals surface area (Å²) in [6.07, 6.45) is 0. The SMILES string of the molecule is Cc1cc([N+](=O)[O-])c(Cl)cc1Sc1cccc(C(=O)O)c1. The van der Waals surface area contributed by atoms with E-state index in [1.54, 1.807) is 25.1 Å². The fraction of sp³-hybridized carbons (Fsp3) is 0.0714. The van der Waals surface area contributed by atoms with Gasteiger partial charge in [-0.3, -0.25) is 10.1 Å². The predicted octanol–water partition coefficient (Wildman–Crippen LogP) is 4.41. The van der Waals surface area contributed by atoms with Crippen molar-refractivity contribution >= 4 is 35.0 Å². The van der Waals surface area contributed by atoms with Crippen LogP contribution in [0.25, 0.3) is 0 Å². The Kier molecular flexibility index (Phi) is 4.50. The van der Waals surface area contributed by atoms with Crippen LogP contribution in [0.15, 0.2) is 46.2 Å². The predicted molar refractivity (Wildman–Crippen MR) is 80.4 cm³/mol. The van der Waals surface area contributed by atoms with Gasteiger partial charge in [-0.1, -0.05) is 29.4 Å². The van der Waals surface area contributed by atoms with Crippen molar-refractivity contribution in [1.82, 2.24) is 0 Å². The van der Waals surface area contributed by atoms with Gasteiger partial charge in [0.2, 0.25) is 0 Å². The van der Waals surface area contributed by atoms with Crippen molar-refractivity contribution in [3.8, 4) is 0 Å². The average molecular weight is 324 g/mol. The Morgan fingerprint density at radius 2 is 2.05 bits per heavy atom. The molecule has 0 aliphatic rings. The Balaban J connectivity index is 2.36. The molecule has 0 fully saturated rings. The summed E-state index contributed by atoms with van der Waals surface area (Å²) < 4.78 is 0. The lowest BCUT2D eigenvalue weighted by molar-refractivity contribution is -0.384. The molecule has 0 aliphatic heterocycles. The van der Waals surface area contributed by atoms with Crippen LogP contribution in [0.1, 0.15) is 15.9 Å². The topological polar surface area (TPSA) is 80.4 Å². The number of nitro benzene ring substituents is 1. The Morgan fingerprint density at radius 1 is 1.33 bits per heavy atom. The number of carbonyl (C=O) groups is 1. The minimum absolute atomic E-state index is 0.0579. The number of benzene rings is 2. The molecule has 1 N–H and O–H groups in total. The van der Waals surface area contributed by atoms with E-state index in [1.807, 2.05) is 0 Å². The number of hydrogen-bond donors (Lipinski definition) is 1. The van der Waals surface area contributed by atoms with Crippen molar-refractivity contribution in [2.75, 3.05) is 0 Å². The number of nitrogens with zero attached hydrogens (tertiary/aromatic N) is 1. The third-order valence-electron chi connectivity index (χ3n) is 2.75. The van der Waals surface area contributed by atoms with E-state index in [0.717, 1.165) is 9.79 Å². The van der Waals surface area contributed by atoms with Crippen LogP contribution in [0.4, 0.5) is 5.69 Å². The molecule has 0 amide bonds. The van der Waals surface area contributed by atoms with Gasteiger partial charge in [0.05, 0.1) is 10.5 Å². The smallest absolute Gasteiger partial charge is 0.335 e. The number of carboxylic acid groups (broad SMARTS) is 1. The standard InChI is InChI=1S/C14H10ClNO4S/c1-8-5-12(16(19)20)11(15)7-13(8)21-10-4-2-3-9(6-10)14(17)18/h2-7H,1H3,(H,17,18). The van der Waals surface area contributed by atoms with E-state index in [1.165, 1.54) is 30.0 Å². The summed E-state index contributed by atoms with van der Waals surface area (Å²) in [7, 11) is 0. The number of nitro groups is 1. The highest BCUT2D eigenvalue weighted by molar-refractivity contribution is 7.99. The average Bonchev–Trinajstić information content (AvgIpc) is 2.42. The first-order valence-corrected chi connectivity index (χ1v) is 7.03. The summed E-state index contributed by atoms with van der Waals surface area (Å²) in [4.78, 5) is 22.7. The Hall–Kier alpha value is -2.05. The molecule has 108 valence electrons. The molecule has 0 heterocycles. The van der Waals surface area contributed by atoms with E-state index in [9.17, 15) is 14.9 Å². The van der Waals surface area contributed by atoms with Gasteiger partial charge in [0.15, 0.2) is 0 Å². The number of carboxylic acids is 1. The van der Waals surface area contributed by atoms with E-state index in [4.69, 9.17) is 16.7 Å². The minimum atomic E-state index is -1.00. The lowest BCUT2D eigenvalue weighted by atomic mass is 10.2. The van der Waals surface area contributed by atoms with Crippen LogP contribution in [-0.4, -0.2) is 16.0 Å². The van der Waals surface area contributed by atoms with Crippen molar-refractivity contribution < 1.29 is 14.8 Å². The van der Waals surface area contributed by atoms with Gasteiger partial charge in [-0.2, -0.15) is 0 Å². The quantitative estimate of drug-likeness (QED) is 0.666. The van der Waals surface area contributed by atoms with Crippen LogP contribution in [0, 0.1) is 17.0 Å². The van der Waals surface area contributed by atoms with Gasteiger partial charge in [-0.05, 0) is 36.8 Å². The molecule has 5 nitrogen and oxygen atoms in total. The number of aromatic carboxylic acids is 1. The van der Waals surface area contributed by atoms with Gasteiger partial charge in [0, 0.05) is 15.9 Å². The second-order valence-electron chi connectivity index (χ2n) is 4.26.